The molecule has 0 aromatic carbocycles. The second-order valence-corrected chi connectivity index (χ2v) is 9.85. The lowest BCUT2D eigenvalue weighted by Gasteiger charge is -2.30. The number of rotatable bonds is 5. The Morgan fingerprint density at radius 2 is 1.94 bits per heavy atom. The molecule has 31 heavy (non-hydrogen) atoms. The molecule has 0 aliphatic carbocycles. The average Bonchev–Trinajstić information content (AvgIpc) is 3.39. The van der Waals surface area contributed by atoms with Crippen LogP contribution in [0.5, 0.6) is 0 Å². The third-order valence-electron chi connectivity index (χ3n) is 6.57. The van der Waals surface area contributed by atoms with Gasteiger partial charge >= 0.3 is 0 Å². The van der Waals surface area contributed by atoms with Crippen molar-refractivity contribution in [2.24, 2.45) is 11.7 Å². The molecular formula is C23H28N6OS. The molecule has 2 N–H and O–H groups in total. The lowest BCUT2D eigenvalue weighted by atomic mass is 9.95. The summed E-state index contributed by atoms with van der Waals surface area (Å²) < 4.78 is 0. The molecule has 2 fully saturated rings. The van der Waals surface area contributed by atoms with Crippen molar-refractivity contribution in [1.82, 2.24) is 19.9 Å². The first-order valence-electron chi connectivity index (χ1n) is 11.0. The fourth-order valence-electron chi connectivity index (χ4n) is 4.81. The fraction of sp³-hybridized carbons (Fsp3) is 0.478. The molecule has 0 spiro atoms. The summed E-state index contributed by atoms with van der Waals surface area (Å²) in [4.78, 5) is 32.0. The number of hydrogen-bond acceptors (Lipinski definition) is 7. The van der Waals surface area contributed by atoms with Crippen molar-refractivity contribution in [1.29, 1.82) is 0 Å². The number of likely N-dealkylation sites (tertiary alicyclic amines) is 1. The zero-order valence-corrected chi connectivity index (χ0v) is 18.6. The van der Waals surface area contributed by atoms with E-state index in [0.29, 0.717) is 4.88 Å². The predicted octanol–water partition coefficient (Wildman–Crippen LogP) is 3.41. The maximum Gasteiger partial charge on any atom is 0.259 e. The van der Waals surface area contributed by atoms with Crippen molar-refractivity contribution < 1.29 is 4.79 Å². The first-order chi connectivity index (χ1) is 15.1. The van der Waals surface area contributed by atoms with Crippen LogP contribution >= 0.6 is 11.3 Å². The smallest absolute Gasteiger partial charge is 0.259 e. The van der Waals surface area contributed by atoms with Crippen LogP contribution < -0.4 is 10.6 Å². The number of piperidine rings is 1. The number of primary amides is 1. The lowest BCUT2D eigenvalue weighted by molar-refractivity contribution is 0.100. The van der Waals surface area contributed by atoms with Gasteiger partial charge in [0.05, 0.1) is 4.88 Å². The van der Waals surface area contributed by atoms with E-state index in [4.69, 9.17) is 5.73 Å². The summed E-state index contributed by atoms with van der Waals surface area (Å²) in [6, 6.07) is 3.98. The van der Waals surface area contributed by atoms with Crippen molar-refractivity contribution in [2.75, 3.05) is 31.1 Å². The number of fused-ring (bicyclic) bond motifs is 1. The minimum Gasteiger partial charge on any atom is -0.365 e. The first kappa shape index (κ1) is 20.3. The molecule has 8 heteroatoms. The fourth-order valence-corrected chi connectivity index (χ4v) is 5.89. The molecule has 1 atom stereocenters. The number of carbonyl (C=O) groups excluding carboxylic acids is 1. The molecule has 0 radical (unpaired) electrons. The van der Waals surface area contributed by atoms with E-state index < -0.39 is 0 Å². The summed E-state index contributed by atoms with van der Waals surface area (Å²) in [6.45, 7) is 7.09. The normalized spacial score (nSPS) is 20.5. The number of pyridine rings is 1. The predicted molar refractivity (Wildman–Crippen MR) is 123 cm³/mol. The van der Waals surface area contributed by atoms with Crippen molar-refractivity contribution in [3.8, 4) is 0 Å². The van der Waals surface area contributed by atoms with Crippen LogP contribution in [0.1, 0.15) is 52.9 Å². The molecule has 0 unspecified atom stereocenters. The minimum absolute atomic E-state index is 0.288. The van der Waals surface area contributed by atoms with Crippen LogP contribution in [0.3, 0.4) is 0 Å². The summed E-state index contributed by atoms with van der Waals surface area (Å²) >= 11 is 1.41. The maximum atomic E-state index is 12.1. The van der Waals surface area contributed by atoms with Crippen LogP contribution in [-0.4, -0.2) is 51.9 Å². The number of carbonyl (C=O) groups is 1. The first-order valence-corrected chi connectivity index (χ1v) is 11.9. The quantitative estimate of drug-likeness (QED) is 0.659. The van der Waals surface area contributed by atoms with Gasteiger partial charge < -0.3 is 10.6 Å². The highest BCUT2D eigenvalue weighted by atomic mass is 32.1. The molecule has 7 nitrogen and oxygen atoms in total. The third-order valence-corrected chi connectivity index (χ3v) is 7.72. The van der Waals surface area contributed by atoms with Gasteiger partial charge in [0.2, 0.25) is 5.95 Å². The number of nitrogens with zero attached hydrogens (tertiary/aromatic N) is 5. The van der Waals surface area contributed by atoms with E-state index in [1.165, 1.54) is 24.2 Å². The molecule has 5 heterocycles. The van der Waals surface area contributed by atoms with Gasteiger partial charge in [0.25, 0.3) is 5.91 Å². The Balaban J connectivity index is 1.27. The molecule has 0 saturated carbocycles. The Kier molecular flexibility index (Phi) is 5.58. The Morgan fingerprint density at radius 3 is 2.68 bits per heavy atom. The Bertz CT molecular complexity index is 1070. The zero-order chi connectivity index (χ0) is 21.4. The molecule has 162 valence electrons. The SMILES string of the molecule is CC1CCN(c2ncc(CN3CC[C@@H](c4c(C(N)=O)sc5ncccc45)C3)cn2)CC1. The Labute approximate surface area is 186 Å². The van der Waals surface area contributed by atoms with Gasteiger partial charge in [-0.3, -0.25) is 9.69 Å². The number of amides is 1. The van der Waals surface area contributed by atoms with Crippen molar-refractivity contribution in [2.45, 2.75) is 38.6 Å². The summed E-state index contributed by atoms with van der Waals surface area (Å²) in [6.07, 6.45) is 9.12. The van der Waals surface area contributed by atoms with Crippen molar-refractivity contribution in [3.63, 3.8) is 0 Å². The monoisotopic (exact) mass is 436 g/mol. The topological polar surface area (TPSA) is 88.2 Å². The Morgan fingerprint density at radius 1 is 1.16 bits per heavy atom. The lowest BCUT2D eigenvalue weighted by Crippen LogP contribution is -2.34. The van der Waals surface area contributed by atoms with E-state index in [1.54, 1.807) is 6.20 Å². The summed E-state index contributed by atoms with van der Waals surface area (Å²) in [5, 5.41) is 1.07. The molecule has 3 aromatic heterocycles. The number of thiophene rings is 1. The van der Waals surface area contributed by atoms with E-state index >= 15 is 0 Å². The Hall–Kier alpha value is -2.58. The van der Waals surface area contributed by atoms with Gasteiger partial charge in [0, 0.05) is 61.6 Å². The number of hydrogen-bond donors (Lipinski definition) is 1. The maximum absolute atomic E-state index is 12.1. The van der Waals surface area contributed by atoms with E-state index in [1.807, 2.05) is 18.5 Å². The second kappa shape index (κ2) is 8.51. The average molecular weight is 437 g/mol. The van der Waals surface area contributed by atoms with Crippen LogP contribution in [0, 0.1) is 5.92 Å². The van der Waals surface area contributed by atoms with E-state index in [9.17, 15) is 4.79 Å². The second-order valence-electron chi connectivity index (χ2n) is 8.85. The highest BCUT2D eigenvalue weighted by Crippen LogP contribution is 2.39. The van der Waals surface area contributed by atoms with Crippen LogP contribution in [0.15, 0.2) is 30.7 Å². The molecule has 3 aromatic rings. The minimum atomic E-state index is -0.354. The van der Waals surface area contributed by atoms with E-state index in [-0.39, 0.29) is 11.8 Å². The highest BCUT2D eigenvalue weighted by molar-refractivity contribution is 7.20. The van der Waals surface area contributed by atoms with Gasteiger partial charge in [0.15, 0.2) is 0 Å². The molecule has 1 amide bonds. The molecule has 2 aliphatic rings. The van der Waals surface area contributed by atoms with Crippen molar-refractivity contribution in [3.05, 3.63) is 46.7 Å². The number of anilines is 1. The molecule has 0 bridgehead atoms. The zero-order valence-electron chi connectivity index (χ0n) is 17.8. The number of aromatic nitrogens is 3. The van der Waals surface area contributed by atoms with Gasteiger partial charge in [-0.05, 0) is 43.4 Å². The summed E-state index contributed by atoms with van der Waals surface area (Å²) in [5.74, 6) is 1.58. The molecule has 2 saturated heterocycles. The van der Waals surface area contributed by atoms with E-state index in [2.05, 4.69) is 37.7 Å². The van der Waals surface area contributed by atoms with E-state index in [0.717, 1.165) is 72.4 Å². The van der Waals surface area contributed by atoms with Crippen LogP contribution in [0.4, 0.5) is 5.95 Å². The highest BCUT2D eigenvalue weighted by Gasteiger charge is 2.30. The van der Waals surface area contributed by atoms with Crippen LogP contribution in [-0.2, 0) is 6.54 Å². The molecule has 5 rings (SSSR count). The van der Waals surface area contributed by atoms with Gasteiger partial charge in [0.1, 0.15) is 4.83 Å². The summed E-state index contributed by atoms with van der Waals surface area (Å²) in [5.41, 5.74) is 7.90. The standard InChI is InChI=1S/C23H28N6OS/c1-15-4-9-29(10-5-15)23-26-11-16(12-27-23)13-28-8-6-17(14-28)19-18-3-2-7-25-22(18)31-20(19)21(24)30/h2-3,7,11-12,15,17H,4-6,8-10,13-14H2,1H3,(H2,24,30)/t17-/m1/s1. The van der Waals surface area contributed by atoms with Crippen molar-refractivity contribution >= 4 is 33.4 Å². The van der Waals surface area contributed by atoms with Gasteiger partial charge in [-0.15, -0.1) is 11.3 Å². The van der Waals surface area contributed by atoms with Crippen LogP contribution in [0.25, 0.3) is 10.2 Å². The van der Waals surface area contributed by atoms with Gasteiger partial charge in [-0.2, -0.15) is 0 Å². The van der Waals surface area contributed by atoms with Gasteiger partial charge in [-0.25, -0.2) is 15.0 Å². The summed E-state index contributed by atoms with van der Waals surface area (Å²) in [7, 11) is 0. The number of nitrogens with two attached hydrogens (primary N) is 1. The third kappa shape index (κ3) is 4.14. The molecule has 2 aliphatic heterocycles. The largest absolute Gasteiger partial charge is 0.365 e. The van der Waals surface area contributed by atoms with Crippen LogP contribution in [0.2, 0.25) is 0 Å². The molecular weight excluding hydrogens is 408 g/mol. The van der Waals surface area contributed by atoms with Gasteiger partial charge in [-0.1, -0.05) is 13.0 Å².